The Morgan fingerprint density at radius 3 is 1.12 bits per heavy atom. The van der Waals surface area contributed by atoms with Crippen molar-refractivity contribution in [3.8, 4) is 5.75 Å². The number of aryl methyl sites for hydroxylation is 3. The van der Waals surface area contributed by atoms with E-state index in [-0.39, 0.29) is 21.8 Å². The van der Waals surface area contributed by atoms with Gasteiger partial charge in [-0.25, -0.2) is 16.8 Å². The number of hydrogen-bond acceptors (Lipinski definition) is 7. The van der Waals surface area contributed by atoms with E-state index in [4.69, 9.17) is 30.7 Å². The van der Waals surface area contributed by atoms with Crippen molar-refractivity contribution in [3.63, 3.8) is 0 Å². The summed E-state index contributed by atoms with van der Waals surface area (Å²) < 4.78 is 60.3. The lowest BCUT2D eigenvalue weighted by molar-refractivity contribution is 0.309. The molecule has 6 aromatic carbocycles. The molecule has 0 aliphatic carbocycles. The SMILES string of the molecule is CCCCOc1ccc([S+](c2ccccc2)c2ccccc2)cc1.CS(=O)(=O)[O-].CS(=O)(=O)[O-].Cc1cc(C)c([S+](c2ccccc2)c2ccccc2)c(C)c1. The highest BCUT2D eigenvalue weighted by Gasteiger charge is 2.32. The van der Waals surface area contributed by atoms with Crippen LogP contribution in [0.4, 0.5) is 0 Å². The fraction of sp³-hybridized carbons (Fsp3) is 0.200. The third-order valence-corrected chi connectivity index (χ3v) is 12.3. The van der Waals surface area contributed by atoms with Crippen molar-refractivity contribution in [2.45, 2.75) is 69.9 Å². The second-order valence-corrected chi connectivity index (χ2v) is 19.5. The van der Waals surface area contributed by atoms with Crippen LogP contribution in [0.2, 0.25) is 0 Å². The van der Waals surface area contributed by atoms with Crippen LogP contribution in [0, 0.1) is 20.8 Å². The standard InChI is InChI=1S/C22H23OS.C21H21S.2CH4O3S/c1-2-3-18-23-19-14-16-22(17-15-19)24(20-10-6-4-7-11-20)21-12-8-5-9-13-21;1-16-14-17(2)21(18(3)15-16)22(19-10-6-4-7-11-19)20-12-8-5-9-13-20;2*1-5(2,3)4/h4-17H,2-3,18H2,1H3;4-15H,1-3H3;2*1H3,(H,2,3,4)/q2*+1;;/p-2. The van der Waals surface area contributed by atoms with Crippen LogP contribution >= 0.6 is 0 Å². The molecule has 0 bridgehead atoms. The van der Waals surface area contributed by atoms with Crippen molar-refractivity contribution in [2.75, 3.05) is 19.1 Å². The molecule has 11 heteroatoms. The molecule has 0 aliphatic heterocycles. The summed E-state index contributed by atoms with van der Waals surface area (Å²) in [7, 11) is -7.97. The number of unbranched alkanes of at least 4 members (excludes halogenated alkanes) is 1. The van der Waals surface area contributed by atoms with E-state index in [9.17, 15) is 0 Å². The molecule has 296 valence electrons. The number of ether oxygens (including phenoxy) is 1. The minimum absolute atomic E-state index is 0.0460. The summed E-state index contributed by atoms with van der Waals surface area (Å²) >= 11 is 0. The normalized spacial score (nSPS) is 11.0. The topological polar surface area (TPSA) is 124 Å². The maximum atomic E-state index is 9.08. The highest BCUT2D eigenvalue weighted by molar-refractivity contribution is 7.97. The highest BCUT2D eigenvalue weighted by atomic mass is 32.2. The van der Waals surface area contributed by atoms with Gasteiger partial charge >= 0.3 is 0 Å². The minimum Gasteiger partial charge on any atom is -0.748 e. The smallest absolute Gasteiger partial charge is 0.172 e. The van der Waals surface area contributed by atoms with Crippen LogP contribution in [-0.4, -0.2) is 45.1 Å². The Bertz CT molecular complexity index is 2100. The lowest BCUT2D eigenvalue weighted by atomic mass is 10.1. The van der Waals surface area contributed by atoms with Crippen LogP contribution in [0.3, 0.4) is 0 Å². The van der Waals surface area contributed by atoms with Crippen molar-refractivity contribution < 1.29 is 30.7 Å². The van der Waals surface area contributed by atoms with E-state index in [0.29, 0.717) is 12.5 Å². The van der Waals surface area contributed by atoms with Crippen LogP contribution in [0.1, 0.15) is 36.5 Å². The third-order valence-electron chi connectivity index (χ3n) is 7.55. The summed E-state index contributed by atoms with van der Waals surface area (Å²) in [6.07, 6.45) is 3.46. The number of benzene rings is 6. The quantitative estimate of drug-likeness (QED) is 0.0765. The van der Waals surface area contributed by atoms with E-state index in [1.54, 1.807) is 0 Å². The molecule has 7 nitrogen and oxygen atoms in total. The predicted octanol–water partition coefficient (Wildman–Crippen LogP) is 9.99. The molecule has 0 radical (unpaired) electrons. The number of rotatable bonds is 10. The Hall–Kier alpha value is -4.36. The first kappa shape index (κ1) is 46.0. The summed E-state index contributed by atoms with van der Waals surface area (Å²) in [5.74, 6) is 0.955. The number of hydrogen-bond donors (Lipinski definition) is 0. The fourth-order valence-electron chi connectivity index (χ4n) is 5.50. The summed E-state index contributed by atoms with van der Waals surface area (Å²) in [5.41, 5.74) is 4.10. The average molecular weight is 831 g/mol. The van der Waals surface area contributed by atoms with Gasteiger partial charge in [-0.15, -0.1) is 0 Å². The largest absolute Gasteiger partial charge is 0.748 e. The summed E-state index contributed by atoms with van der Waals surface area (Å²) in [4.78, 5) is 8.21. The van der Waals surface area contributed by atoms with E-state index in [2.05, 4.69) is 185 Å². The van der Waals surface area contributed by atoms with Crippen molar-refractivity contribution in [3.05, 3.63) is 174 Å². The lowest BCUT2D eigenvalue weighted by Gasteiger charge is -2.13. The van der Waals surface area contributed by atoms with Gasteiger partial charge in [0.05, 0.1) is 48.6 Å². The molecule has 0 heterocycles. The van der Waals surface area contributed by atoms with Crippen LogP contribution in [0.25, 0.3) is 0 Å². The van der Waals surface area contributed by atoms with E-state index in [1.165, 1.54) is 46.1 Å². The lowest BCUT2D eigenvalue weighted by Crippen LogP contribution is -2.08. The van der Waals surface area contributed by atoms with Gasteiger partial charge < -0.3 is 13.8 Å². The fourth-order valence-corrected chi connectivity index (χ4v) is 9.95. The van der Waals surface area contributed by atoms with Crippen LogP contribution < -0.4 is 4.74 Å². The van der Waals surface area contributed by atoms with Crippen molar-refractivity contribution >= 4 is 42.0 Å². The van der Waals surface area contributed by atoms with Crippen molar-refractivity contribution in [1.82, 2.24) is 0 Å². The van der Waals surface area contributed by atoms with Crippen molar-refractivity contribution in [1.29, 1.82) is 0 Å². The zero-order valence-electron chi connectivity index (χ0n) is 32.6. The Kier molecular flexibility index (Phi) is 18.9. The third kappa shape index (κ3) is 17.2. The van der Waals surface area contributed by atoms with E-state index in [1.807, 2.05) is 0 Å². The second-order valence-electron chi connectivity index (χ2n) is 12.7. The Balaban J connectivity index is 0.000000243. The van der Waals surface area contributed by atoms with E-state index < -0.39 is 20.2 Å². The molecular weight excluding hydrogens is 781 g/mol. The van der Waals surface area contributed by atoms with Gasteiger partial charge in [0, 0.05) is 23.6 Å². The van der Waals surface area contributed by atoms with Gasteiger partial charge in [0.1, 0.15) is 5.75 Å². The molecule has 6 rings (SSSR count). The van der Waals surface area contributed by atoms with Gasteiger partial charge in [0.2, 0.25) is 0 Å². The minimum atomic E-state index is -3.92. The Morgan fingerprint density at radius 2 is 0.804 bits per heavy atom. The van der Waals surface area contributed by atoms with Gasteiger partial charge in [0.25, 0.3) is 0 Å². The predicted molar refractivity (Wildman–Crippen MR) is 229 cm³/mol. The zero-order valence-corrected chi connectivity index (χ0v) is 35.9. The van der Waals surface area contributed by atoms with Gasteiger partial charge in [-0.1, -0.05) is 104 Å². The molecule has 0 N–H and O–H groups in total. The second kappa shape index (κ2) is 23.0. The van der Waals surface area contributed by atoms with Crippen LogP contribution in [0.5, 0.6) is 5.75 Å². The van der Waals surface area contributed by atoms with Gasteiger partial charge in [0.15, 0.2) is 29.4 Å². The summed E-state index contributed by atoms with van der Waals surface area (Å²) in [5, 5.41) is 0. The van der Waals surface area contributed by atoms with E-state index in [0.717, 1.165) is 25.2 Å². The average Bonchev–Trinajstić information content (AvgIpc) is 3.14. The van der Waals surface area contributed by atoms with Crippen LogP contribution in [-0.2, 0) is 42.0 Å². The first-order valence-electron chi connectivity index (χ1n) is 17.9. The Morgan fingerprint density at radius 1 is 0.500 bits per heavy atom. The zero-order chi connectivity index (χ0) is 41.1. The van der Waals surface area contributed by atoms with Gasteiger partial charge in [-0.05, 0) is 100.0 Å². The maximum Gasteiger partial charge on any atom is 0.172 e. The first-order valence-corrected chi connectivity index (χ1v) is 23.9. The van der Waals surface area contributed by atoms with E-state index >= 15 is 0 Å². The maximum absolute atomic E-state index is 9.08. The molecule has 0 aliphatic rings. The van der Waals surface area contributed by atoms with Crippen molar-refractivity contribution in [2.24, 2.45) is 0 Å². The molecule has 56 heavy (non-hydrogen) atoms. The first-order chi connectivity index (χ1) is 26.5. The molecule has 0 fully saturated rings. The molecule has 0 saturated carbocycles. The highest BCUT2D eigenvalue weighted by Crippen LogP contribution is 2.36. The molecular formula is C45H50O7S4. The molecule has 0 unspecified atom stereocenters. The molecule has 0 atom stereocenters. The molecule has 0 spiro atoms. The van der Waals surface area contributed by atoms with Gasteiger partial charge in [-0.2, -0.15) is 0 Å². The summed E-state index contributed by atoms with van der Waals surface area (Å²) in [6, 6.07) is 56.3. The van der Waals surface area contributed by atoms with Crippen LogP contribution in [0.15, 0.2) is 187 Å². The molecule has 0 saturated heterocycles. The summed E-state index contributed by atoms with van der Waals surface area (Å²) in [6.45, 7) is 9.62. The molecule has 0 amide bonds. The molecule has 0 aromatic heterocycles. The monoisotopic (exact) mass is 830 g/mol. The Labute approximate surface area is 340 Å². The van der Waals surface area contributed by atoms with Gasteiger partial charge in [-0.3, -0.25) is 0 Å². The molecule has 6 aromatic rings.